The number of rotatable bonds is 6. The molecule has 0 saturated heterocycles. The van der Waals surface area contributed by atoms with Crippen molar-refractivity contribution in [3.63, 3.8) is 0 Å². The van der Waals surface area contributed by atoms with Gasteiger partial charge in [0.2, 0.25) is 0 Å². The molecule has 0 aromatic heterocycles. The van der Waals surface area contributed by atoms with Crippen LogP contribution in [-0.2, 0) is 18.8 Å². The number of esters is 1. The van der Waals surface area contributed by atoms with Crippen LogP contribution in [-0.4, -0.2) is 19.2 Å². The van der Waals surface area contributed by atoms with E-state index in [1.165, 1.54) is 25.3 Å². The van der Waals surface area contributed by atoms with E-state index in [1.54, 1.807) is 13.0 Å². The van der Waals surface area contributed by atoms with Gasteiger partial charge in [0, 0.05) is 16.0 Å². The van der Waals surface area contributed by atoms with E-state index in [4.69, 9.17) is 9.07 Å². The lowest BCUT2D eigenvalue weighted by Gasteiger charge is -2.14. The van der Waals surface area contributed by atoms with Gasteiger partial charge in [0.15, 0.2) is 11.6 Å². The molecule has 3 rings (SSSR count). The molecule has 1 heterocycles. The van der Waals surface area contributed by atoms with Crippen LogP contribution in [0.25, 0.3) is 11.1 Å². The van der Waals surface area contributed by atoms with Crippen molar-refractivity contribution in [1.82, 2.24) is 0 Å². The molecule has 27 heavy (non-hydrogen) atoms. The fourth-order valence-corrected chi connectivity index (χ4v) is 3.30. The van der Waals surface area contributed by atoms with Gasteiger partial charge in [-0.15, -0.1) is 0 Å². The Balaban J connectivity index is 2.13. The van der Waals surface area contributed by atoms with Gasteiger partial charge in [0.1, 0.15) is 11.9 Å². The molecule has 2 aromatic rings. The van der Waals surface area contributed by atoms with Gasteiger partial charge in [-0.1, -0.05) is 19.1 Å². The second kappa shape index (κ2) is 8.16. The summed E-state index contributed by atoms with van der Waals surface area (Å²) in [6.07, 6.45) is -0.291. The van der Waals surface area contributed by atoms with E-state index < -0.39 is 29.5 Å². The first kappa shape index (κ1) is 19.5. The van der Waals surface area contributed by atoms with E-state index in [9.17, 15) is 18.0 Å². The molecule has 0 radical (unpaired) electrons. The Bertz CT molecular complexity index is 914. The van der Waals surface area contributed by atoms with Gasteiger partial charge in [0.25, 0.3) is 0 Å². The molecular weight excluding hydrogens is 381 g/mol. The van der Waals surface area contributed by atoms with Gasteiger partial charge >= 0.3 is 5.97 Å². The molecule has 0 amide bonds. The summed E-state index contributed by atoms with van der Waals surface area (Å²) in [6, 6.07) is 7.38. The topological polar surface area (TPSA) is 44.8 Å². The van der Waals surface area contributed by atoms with Crippen LogP contribution in [0.5, 0.6) is 0 Å². The highest BCUT2D eigenvalue weighted by molar-refractivity contribution is 7.94. The van der Waals surface area contributed by atoms with Crippen LogP contribution in [0, 0.1) is 17.5 Å². The van der Waals surface area contributed by atoms with E-state index in [-0.39, 0.29) is 16.7 Å². The predicted octanol–water partition coefficient (Wildman–Crippen LogP) is 4.94. The minimum atomic E-state index is -1.10. The second-order valence-electron chi connectivity index (χ2n) is 5.68. The summed E-state index contributed by atoms with van der Waals surface area (Å²) >= 11 is 0.826. The van der Waals surface area contributed by atoms with Crippen LogP contribution in [0.3, 0.4) is 0 Å². The summed E-state index contributed by atoms with van der Waals surface area (Å²) in [5.74, 6) is -3.45. The number of cyclic esters (lactones) is 1. The van der Waals surface area contributed by atoms with Crippen LogP contribution in [0.15, 0.2) is 41.3 Å². The maximum atomic E-state index is 14.8. The zero-order valence-electron chi connectivity index (χ0n) is 14.4. The maximum absolute atomic E-state index is 14.8. The first-order valence-corrected chi connectivity index (χ1v) is 8.78. The third-order valence-electron chi connectivity index (χ3n) is 4.05. The third kappa shape index (κ3) is 3.87. The standard InChI is InChI=1S/C19H15F3O4S/c1-3-16-18(12-6-5-11(9-14(12)21)27-26-24-2)17(19(23)25-16)10-4-7-13(20)15(22)8-10/h4-9,16H,3H2,1-2H3. The van der Waals surface area contributed by atoms with Crippen LogP contribution in [0.2, 0.25) is 0 Å². The summed E-state index contributed by atoms with van der Waals surface area (Å²) in [5.41, 5.74) is 0.600. The number of carbonyl (C=O) groups excluding carboxylic acids is 1. The number of ether oxygens (including phenoxy) is 1. The van der Waals surface area contributed by atoms with Crippen LogP contribution >= 0.6 is 12.0 Å². The van der Waals surface area contributed by atoms with Gasteiger partial charge in [-0.25, -0.2) is 22.9 Å². The second-order valence-corrected chi connectivity index (χ2v) is 6.45. The largest absolute Gasteiger partial charge is 0.454 e. The molecule has 0 spiro atoms. The average molecular weight is 396 g/mol. The Morgan fingerprint density at radius 3 is 2.48 bits per heavy atom. The molecule has 8 heteroatoms. The van der Waals surface area contributed by atoms with Crippen LogP contribution in [0.4, 0.5) is 13.2 Å². The Labute approximate surface area is 158 Å². The fourth-order valence-electron chi connectivity index (χ4n) is 2.88. The highest BCUT2D eigenvalue weighted by Gasteiger charge is 2.36. The van der Waals surface area contributed by atoms with Crippen molar-refractivity contribution in [2.45, 2.75) is 24.3 Å². The first-order valence-electron chi connectivity index (χ1n) is 8.04. The highest BCUT2D eigenvalue weighted by atomic mass is 32.2. The maximum Gasteiger partial charge on any atom is 0.339 e. The summed E-state index contributed by atoms with van der Waals surface area (Å²) in [6.45, 7) is 1.78. The van der Waals surface area contributed by atoms with Gasteiger partial charge in [-0.05, 0) is 36.2 Å². The molecule has 0 fully saturated rings. The van der Waals surface area contributed by atoms with Crippen molar-refractivity contribution in [3.8, 4) is 0 Å². The lowest BCUT2D eigenvalue weighted by molar-refractivity contribution is -0.160. The number of halogens is 3. The monoisotopic (exact) mass is 396 g/mol. The minimum Gasteiger partial charge on any atom is -0.454 e. The Kier molecular flexibility index (Phi) is 5.88. The van der Waals surface area contributed by atoms with Gasteiger partial charge in [0.05, 0.1) is 24.7 Å². The molecule has 1 unspecified atom stereocenters. The van der Waals surface area contributed by atoms with Crippen molar-refractivity contribution in [1.29, 1.82) is 0 Å². The molecule has 1 aliphatic rings. The molecule has 0 aliphatic carbocycles. The van der Waals surface area contributed by atoms with E-state index in [1.807, 2.05) is 0 Å². The molecule has 1 atom stereocenters. The fraction of sp³-hybridized carbons (Fsp3) is 0.211. The molecule has 0 saturated carbocycles. The lowest BCUT2D eigenvalue weighted by Crippen LogP contribution is -2.10. The van der Waals surface area contributed by atoms with Crippen LogP contribution in [0.1, 0.15) is 24.5 Å². The number of carbonyl (C=O) groups is 1. The Morgan fingerprint density at radius 1 is 1.07 bits per heavy atom. The molecule has 4 nitrogen and oxygen atoms in total. The molecule has 1 aliphatic heterocycles. The van der Waals surface area contributed by atoms with Gasteiger partial charge in [-0.2, -0.15) is 4.33 Å². The van der Waals surface area contributed by atoms with Crippen molar-refractivity contribution < 1.29 is 31.9 Å². The SMILES string of the molecule is CCC1OC(=O)C(c2ccc(F)c(F)c2)=C1c1ccc(SOOC)cc1F. The molecule has 2 aromatic carbocycles. The Morgan fingerprint density at radius 2 is 1.85 bits per heavy atom. The van der Waals surface area contributed by atoms with Gasteiger partial charge in [-0.3, -0.25) is 0 Å². The highest BCUT2D eigenvalue weighted by Crippen LogP contribution is 2.40. The number of hydrogen-bond acceptors (Lipinski definition) is 5. The number of hydrogen-bond donors (Lipinski definition) is 0. The van der Waals surface area contributed by atoms with Crippen molar-refractivity contribution in [2.24, 2.45) is 0 Å². The summed E-state index contributed by atoms with van der Waals surface area (Å²) in [7, 11) is 1.32. The van der Waals surface area contributed by atoms with Gasteiger partial charge < -0.3 is 4.74 Å². The van der Waals surface area contributed by atoms with Crippen LogP contribution < -0.4 is 0 Å². The summed E-state index contributed by atoms with van der Waals surface area (Å²) in [5, 5.41) is 0. The predicted molar refractivity (Wildman–Crippen MR) is 93.7 cm³/mol. The average Bonchev–Trinajstić information content (AvgIpc) is 2.98. The third-order valence-corrected chi connectivity index (χ3v) is 4.70. The Hall–Kier alpha value is -2.29. The van der Waals surface area contributed by atoms with Crippen molar-refractivity contribution in [2.75, 3.05) is 7.11 Å². The normalized spacial score (nSPS) is 16.8. The smallest absolute Gasteiger partial charge is 0.339 e. The van der Waals surface area contributed by atoms with Crippen molar-refractivity contribution in [3.05, 3.63) is 65.0 Å². The number of benzene rings is 2. The van der Waals surface area contributed by atoms with E-state index in [0.29, 0.717) is 16.9 Å². The van der Waals surface area contributed by atoms with E-state index >= 15 is 0 Å². The molecular formula is C19H15F3O4S. The van der Waals surface area contributed by atoms with Crippen molar-refractivity contribution >= 4 is 29.2 Å². The minimum absolute atomic E-state index is 0.0215. The molecule has 0 N–H and O–H groups in total. The van der Waals surface area contributed by atoms with E-state index in [0.717, 1.165) is 24.2 Å². The van der Waals surface area contributed by atoms with E-state index in [2.05, 4.69) is 4.89 Å². The quantitative estimate of drug-likeness (QED) is 0.300. The summed E-state index contributed by atoms with van der Waals surface area (Å²) < 4.78 is 51.7. The summed E-state index contributed by atoms with van der Waals surface area (Å²) in [4.78, 5) is 17.3. The zero-order chi connectivity index (χ0) is 19.6. The first-order chi connectivity index (χ1) is 13.0. The molecule has 142 valence electrons. The lowest BCUT2D eigenvalue weighted by atomic mass is 9.91. The zero-order valence-corrected chi connectivity index (χ0v) is 15.2. The molecule has 0 bridgehead atoms.